The summed E-state index contributed by atoms with van der Waals surface area (Å²) in [7, 11) is 1.39. The first-order valence-electron chi connectivity index (χ1n) is 11.7. The summed E-state index contributed by atoms with van der Waals surface area (Å²) < 4.78 is 32.9. The lowest BCUT2D eigenvalue weighted by Crippen LogP contribution is -2.47. The molecule has 0 bridgehead atoms. The molecular formula is C25H31F2N4O4+. The lowest BCUT2D eigenvalue weighted by atomic mass is 9.79. The number of halogens is 2. The summed E-state index contributed by atoms with van der Waals surface area (Å²) >= 11 is 0. The first-order valence-corrected chi connectivity index (χ1v) is 11.7. The van der Waals surface area contributed by atoms with Crippen molar-refractivity contribution in [3.63, 3.8) is 0 Å². The highest BCUT2D eigenvalue weighted by Gasteiger charge is 2.45. The summed E-state index contributed by atoms with van der Waals surface area (Å²) in [5.74, 6) is -3.52. The molecule has 188 valence electrons. The van der Waals surface area contributed by atoms with Crippen molar-refractivity contribution < 1.29 is 33.4 Å². The van der Waals surface area contributed by atoms with Crippen LogP contribution in [0.5, 0.6) is 0 Å². The van der Waals surface area contributed by atoms with E-state index in [9.17, 15) is 23.9 Å². The van der Waals surface area contributed by atoms with Gasteiger partial charge in [-0.2, -0.15) is 8.78 Å². The second-order valence-electron chi connectivity index (χ2n) is 9.55. The van der Waals surface area contributed by atoms with Crippen LogP contribution >= 0.6 is 0 Å². The van der Waals surface area contributed by atoms with Crippen LogP contribution in [-0.4, -0.2) is 40.7 Å². The number of pyridine rings is 1. The molecule has 0 saturated heterocycles. The molecule has 1 amide bonds. The van der Waals surface area contributed by atoms with Crippen LogP contribution in [0.4, 0.5) is 8.78 Å². The quantitative estimate of drug-likeness (QED) is 0.298. The van der Waals surface area contributed by atoms with Gasteiger partial charge in [0.1, 0.15) is 5.76 Å². The zero-order valence-corrected chi connectivity index (χ0v) is 19.8. The van der Waals surface area contributed by atoms with E-state index in [4.69, 9.17) is 10.1 Å². The maximum atomic E-state index is 13.7. The van der Waals surface area contributed by atoms with E-state index in [2.05, 4.69) is 10.6 Å². The summed E-state index contributed by atoms with van der Waals surface area (Å²) in [6, 6.07) is 3.68. The first-order chi connectivity index (χ1) is 16.5. The molecule has 35 heavy (non-hydrogen) atoms. The summed E-state index contributed by atoms with van der Waals surface area (Å²) in [6.07, 6.45) is 10.0. The van der Waals surface area contributed by atoms with Gasteiger partial charge in [-0.3, -0.25) is 10.0 Å². The predicted molar refractivity (Wildman–Crippen MR) is 123 cm³/mol. The third-order valence-corrected chi connectivity index (χ3v) is 6.93. The van der Waals surface area contributed by atoms with Crippen LogP contribution in [-0.2, 0) is 10.7 Å². The number of allylic oxidation sites excluding steroid dienone is 3. The van der Waals surface area contributed by atoms with Gasteiger partial charge >= 0.3 is 23.2 Å². The molecule has 0 unspecified atom stereocenters. The Hall–Kier alpha value is -3.27. The molecule has 3 aliphatic rings. The maximum Gasteiger partial charge on any atom is 0.332 e. The fourth-order valence-corrected chi connectivity index (χ4v) is 4.70. The third-order valence-electron chi connectivity index (χ3n) is 6.93. The molecule has 0 atom stereocenters. The van der Waals surface area contributed by atoms with Crippen LogP contribution in [0.25, 0.3) is 0 Å². The maximum absolute atomic E-state index is 13.7. The van der Waals surface area contributed by atoms with Gasteiger partial charge in [0.2, 0.25) is 0 Å². The van der Waals surface area contributed by atoms with Gasteiger partial charge in [-0.25, -0.2) is 0 Å². The minimum Gasteiger partial charge on any atom is -0.494 e. The van der Waals surface area contributed by atoms with Crippen molar-refractivity contribution in [1.29, 1.82) is 5.41 Å². The molecule has 0 spiro atoms. The van der Waals surface area contributed by atoms with Crippen molar-refractivity contribution >= 4 is 11.6 Å². The summed E-state index contributed by atoms with van der Waals surface area (Å²) in [5.41, 5.74) is -0.758. The average Bonchev–Trinajstić information content (AvgIpc) is 3.65. The second-order valence-corrected chi connectivity index (χ2v) is 9.55. The normalized spacial score (nSPS) is 26.1. The number of aliphatic hydroxyl groups is 1. The molecule has 5 N–H and O–H groups in total. The molecule has 3 aliphatic carbocycles. The number of nitrogens with zero attached hydrogens (tertiary/aromatic N) is 1. The number of nitrogens with one attached hydrogen (secondary N) is 3. The molecule has 10 heteroatoms. The van der Waals surface area contributed by atoms with Crippen molar-refractivity contribution in [2.45, 2.75) is 63.0 Å². The van der Waals surface area contributed by atoms with Crippen molar-refractivity contribution in [1.82, 2.24) is 10.6 Å². The van der Waals surface area contributed by atoms with Crippen LogP contribution in [0.15, 0.2) is 53.6 Å². The van der Waals surface area contributed by atoms with Crippen molar-refractivity contribution in [3.8, 4) is 0 Å². The van der Waals surface area contributed by atoms with Gasteiger partial charge in [-0.15, -0.1) is 0 Å². The topological polar surface area (TPSA) is 119 Å². The number of ether oxygens (including phenoxy) is 1. The molecule has 0 radical (unpaired) electrons. The second kappa shape index (κ2) is 9.41. The number of methoxy groups -OCH3 is 1. The minimum absolute atomic E-state index is 0.167. The molecule has 2 saturated carbocycles. The molecule has 1 aromatic rings. The highest BCUT2D eigenvalue weighted by atomic mass is 19.3. The van der Waals surface area contributed by atoms with E-state index in [0.717, 1.165) is 44.6 Å². The van der Waals surface area contributed by atoms with E-state index in [1.165, 1.54) is 25.3 Å². The van der Waals surface area contributed by atoms with Gasteiger partial charge in [0, 0.05) is 47.7 Å². The van der Waals surface area contributed by atoms with Gasteiger partial charge in [0.15, 0.2) is 0 Å². The number of amides is 1. The van der Waals surface area contributed by atoms with Crippen molar-refractivity contribution in [2.24, 2.45) is 5.92 Å². The number of rotatable bonds is 7. The average molecular weight is 490 g/mol. The molecule has 0 aromatic carbocycles. The predicted octanol–water partition coefficient (Wildman–Crippen LogP) is 3.06. The largest absolute Gasteiger partial charge is 0.494 e. The molecule has 2 fully saturated rings. The Labute approximate surface area is 202 Å². The minimum atomic E-state index is -3.35. The Morgan fingerprint density at radius 2 is 1.94 bits per heavy atom. The van der Waals surface area contributed by atoms with Crippen LogP contribution in [0, 0.1) is 11.3 Å². The number of alkyl halides is 2. The molecular weight excluding hydrogens is 458 g/mol. The summed E-state index contributed by atoms with van der Waals surface area (Å²) in [5, 5.41) is 35.1. The lowest BCUT2D eigenvalue weighted by molar-refractivity contribution is -0.914. The first kappa shape index (κ1) is 24.8. The monoisotopic (exact) mass is 489 g/mol. The Morgan fingerprint density at radius 1 is 1.26 bits per heavy atom. The Bertz CT molecular complexity index is 1110. The number of hydrogen-bond acceptors (Lipinski definition) is 6. The smallest absolute Gasteiger partial charge is 0.332 e. The van der Waals surface area contributed by atoms with Crippen molar-refractivity contribution in [3.05, 3.63) is 65.0 Å². The van der Waals surface area contributed by atoms with Crippen LogP contribution in [0.3, 0.4) is 0 Å². The van der Waals surface area contributed by atoms with E-state index < -0.39 is 23.1 Å². The van der Waals surface area contributed by atoms with Gasteiger partial charge < -0.3 is 25.9 Å². The van der Waals surface area contributed by atoms with Gasteiger partial charge in [-0.1, -0.05) is 0 Å². The number of aromatic nitrogens is 1. The highest BCUT2D eigenvalue weighted by molar-refractivity contribution is 6.10. The van der Waals surface area contributed by atoms with Gasteiger partial charge in [-0.05, 0) is 56.6 Å². The third kappa shape index (κ3) is 5.37. The van der Waals surface area contributed by atoms with Gasteiger partial charge in [0.25, 0.3) is 0 Å². The van der Waals surface area contributed by atoms with E-state index in [0.29, 0.717) is 18.4 Å². The Morgan fingerprint density at radius 3 is 2.54 bits per heavy atom. The van der Waals surface area contributed by atoms with E-state index in [1.54, 1.807) is 12.3 Å². The Balaban J connectivity index is 1.48. The zero-order valence-electron chi connectivity index (χ0n) is 19.8. The standard InChI is InChI=1S/C25H30F2N4O4/c1-24(26,27)22-5-3-4-20(31(22)34)23(32)30-19-12-15(18(28)13-21(19)35-2)14-29-17-8-10-25(33,11-9-17)16-6-7-16/h3-5,12-14,16-17,28,32-34H,6-11H2,1-2H3/p+1/t17-,25-. The summed E-state index contributed by atoms with van der Waals surface area (Å²) in [4.78, 5) is 12.8. The number of carbonyl (C=O) groups is 1. The summed E-state index contributed by atoms with van der Waals surface area (Å²) in [6.45, 7) is 0.626. The Kier molecular flexibility index (Phi) is 6.68. The molecule has 1 aromatic heterocycles. The lowest BCUT2D eigenvalue weighted by Gasteiger charge is -2.36. The number of carbonyl (C=O) groups excluding carboxylic acids is 1. The van der Waals surface area contributed by atoms with Crippen LogP contribution in [0.2, 0.25) is 0 Å². The van der Waals surface area contributed by atoms with E-state index in [1.807, 2.05) is 0 Å². The van der Waals surface area contributed by atoms with Crippen LogP contribution < -0.4 is 15.4 Å². The fourth-order valence-electron chi connectivity index (χ4n) is 4.70. The molecule has 1 heterocycles. The van der Waals surface area contributed by atoms with Crippen LogP contribution in [0.1, 0.15) is 61.6 Å². The van der Waals surface area contributed by atoms with E-state index in [-0.39, 0.29) is 33.6 Å². The van der Waals surface area contributed by atoms with E-state index >= 15 is 0 Å². The molecule has 0 aliphatic heterocycles. The number of hydrogen-bond donors (Lipinski definition) is 5. The SMILES string of the molecule is COC1=CC(=N)/C(=C\N[C@H]2CC[C@@](O)(C3CC3)CC2)C=C1NC(=O)c1cccc(C(C)(F)F)[n+]1O. The molecule has 8 nitrogen and oxygen atoms in total. The fraction of sp³-hybridized carbons (Fsp3) is 0.480. The molecule has 4 rings (SSSR count). The van der Waals surface area contributed by atoms with Crippen molar-refractivity contribution in [2.75, 3.05) is 7.11 Å². The highest BCUT2D eigenvalue weighted by Crippen LogP contribution is 2.47. The zero-order chi connectivity index (χ0) is 25.4. The van der Waals surface area contributed by atoms with Gasteiger partial charge in [0.05, 0.1) is 24.1 Å².